The van der Waals surface area contributed by atoms with Crippen molar-refractivity contribution < 1.29 is 28.7 Å². The summed E-state index contributed by atoms with van der Waals surface area (Å²) < 4.78 is 18.4. The van der Waals surface area contributed by atoms with Gasteiger partial charge in [0.15, 0.2) is 24.0 Å². The van der Waals surface area contributed by atoms with Gasteiger partial charge in [-0.15, -0.1) is 0 Å². The zero-order valence-electron chi connectivity index (χ0n) is 18.1. The minimum atomic E-state index is -0.638. The van der Waals surface area contributed by atoms with E-state index in [0.29, 0.717) is 35.6 Å². The molecular weight excluding hydrogens is 421 g/mol. The number of carbonyl (C=O) groups excluding carboxylic acids is 2. The Morgan fingerprint density at radius 2 is 2.16 bits per heavy atom. The molecule has 11 heteroatoms. The Labute approximate surface area is 184 Å². The number of rotatable bonds is 8. The van der Waals surface area contributed by atoms with Crippen molar-refractivity contribution in [1.82, 2.24) is 20.6 Å². The Kier molecular flexibility index (Phi) is 9.64. The molecule has 10 nitrogen and oxygen atoms in total. The number of aliphatic hydroxyl groups is 1. The lowest BCUT2D eigenvalue weighted by atomic mass is 10.1. The molecule has 172 valence electrons. The second kappa shape index (κ2) is 12.4. The van der Waals surface area contributed by atoms with Crippen LogP contribution >= 0.6 is 0 Å². The van der Waals surface area contributed by atoms with Gasteiger partial charge in [-0.3, -0.25) is 9.59 Å². The highest BCUT2D eigenvalue weighted by Crippen LogP contribution is 2.18. The first-order valence-electron chi connectivity index (χ1n) is 9.81. The molecule has 32 heavy (non-hydrogen) atoms. The highest BCUT2D eigenvalue weighted by atomic mass is 19.1. The van der Waals surface area contributed by atoms with Gasteiger partial charge in [-0.25, -0.2) is 14.4 Å². The van der Waals surface area contributed by atoms with Crippen molar-refractivity contribution in [2.45, 2.75) is 26.0 Å². The quantitative estimate of drug-likeness (QED) is 0.505. The number of nitrogens with one attached hydrogen (secondary N) is 2. The molecule has 0 bridgehead atoms. The van der Waals surface area contributed by atoms with Crippen LogP contribution in [0.15, 0.2) is 29.4 Å². The standard InChI is InChI=1S/C18H17FN4O4.C3H9NO/c1-10-21-14(15-6-12(9-24)27-23-15)7-16(22-10)18(25)20-8-11-3-4-13(19)17(5-11)26-2;1-4-2-3-5/h3-5,7,9,12H,6,8H2,1-2H3,(H,20,25);4-5H,2-3H2,1H3. The average molecular weight is 447 g/mol. The molecule has 0 fully saturated rings. The van der Waals surface area contributed by atoms with Crippen molar-refractivity contribution in [3.8, 4) is 5.75 Å². The van der Waals surface area contributed by atoms with Gasteiger partial charge in [0.25, 0.3) is 5.91 Å². The van der Waals surface area contributed by atoms with Crippen LogP contribution in [0, 0.1) is 12.7 Å². The molecule has 0 aliphatic carbocycles. The zero-order chi connectivity index (χ0) is 23.5. The summed E-state index contributed by atoms with van der Waals surface area (Å²) >= 11 is 0. The lowest BCUT2D eigenvalue weighted by molar-refractivity contribution is -0.116. The minimum Gasteiger partial charge on any atom is -0.494 e. The fourth-order valence-corrected chi connectivity index (χ4v) is 2.65. The molecule has 2 heterocycles. The maximum atomic E-state index is 13.5. The number of methoxy groups -OCH3 is 1. The van der Waals surface area contributed by atoms with Gasteiger partial charge in [0.2, 0.25) is 0 Å². The molecule has 1 aromatic carbocycles. The van der Waals surface area contributed by atoms with Crippen molar-refractivity contribution in [3.63, 3.8) is 0 Å². The molecule has 0 radical (unpaired) electrons. The molecule has 0 saturated carbocycles. The predicted octanol–water partition coefficient (Wildman–Crippen LogP) is 0.753. The number of aromatic nitrogens is 2. The number of aldehydes is 1. The average Bonchev–Trinajstić information content (AvgIpc) is 3.28. The number of carbonyl (C=O) groups is 2. The first-order chi connectivity index (χ1) is 15.4. The Bertz CT molecular complexity index is 968. The lowest BCUT2D eigenvalue weighted by Crippen LogP contribution is -2.25. The summed E-state index contributed by atoms with van der Waals surface area (Å²) in [6.45, 7) is 2.75. The second-order valence-corrected chi connectivity index (χ2v) is 6.69. The van der Waals surface area contributed by atoms with Gasteiger partial charge in [0.05, 0.1) is 19.4 Å². The number of ether oxygens (including phenoxy) is 1. The van der Waals surface area contributed by atoms with Crippen molar-refractivity contribution in [2.75, 3.05) is 27.3 Å². The van der Waals surface area contributed by atoms with Crippen LogP contribution in [0.3, 0.4) is 0 Å². The third-order valence-corrected chi connectivity index (χ3v) is 4.24. The van der Waals surface area contributed by atoms with E-state index >= 15 is 0 Å². The number of halogens is 1. The van der Waals surface area contributed by atoms with Crippen molar-refractivity contribution in [1.29, 1.82) is 0 Å². The van der Waals surface area contributed by atoms with Crippen LogP contribution in [0.25, 0.3) is 0 Å². The van der Waals surface area contributed by atoms with Crippen molar-refractivity contribution >= 4 is 17.9 Å². The van der Waals surface area contributed by atoms with E-state index in [2.05, 4.69) is 25.8 Å². The Morgan fingerprint density at radius 3 is 2.75 bits per heavy atom. The summed E-state index contributed by atoms with van der Waals surface area (Å²) in [5.41, 5.74) is 1.74. The Hall–Kier alpha value is -3.44. The van der Waals surface area contributed by atoms with E-state index in [1.807, 2.05) is 0 Å². The summed E-state index contributed by atoms with van der Waals surface area (Å²) in [6.07, 6.45) is 0.312. The largest absolute Gasteiger partial charge is 0.494 e. The molecule has 1 aromatic heterocycles. The Balaban J connectivity index is 0.000000654. The number of oxime groups is 1. The van der Waals surface area contributed by atoms with Crippen molar-refractivity contribution in [2.24, 2.45) is 5.16 Å². The van der Waals surface area contributed by atoms with Crippen LogP contribution in [0.5, 0.6) is 5.75 Å². The molecule has 3 rings (SSSR count). The van der Waals surface area contributed by atoms with Gasteiger partial charge >= 0.3 is 0 Å². The second-order valence-electron chi connectivity index (χ2n) is 6.69. The molecule has 3 N–H and O–H groups in total. The maximum Gasteiger partial charge on any atom is 0.270 e. The molecule has 1 aliphatic rings. The molecule has 1 atom stereocenters. The summed E-state index contributed by atoms with van der Waals surface area (Å²) in [5.74, 6) is -0.405. The topological polar surface area (TPSA) is 135 Å². The van der Waals surface area contributed by atoms with Crippen LogP contribution in [0.1, 0.15) is 34.0 Å². The first kappa shape index (κ1) is 24.8. The fourth-order valence-electron chi connectivity index (χ4n) is 2.65. The minimum absolute atomic E-state index is 0.103. The third-order valence-electron chi connectivity index (χ3n) is 4.24. The van der Waals surface area contributed by atoms with E-state index in [0.717, 1.165) is 0 Å². The monoisotopic (exact) mass is 447 g/mol. The molecular formula is C21H26FN5O5. The lowest BCUT2D eigenvalue weighted by Gasteiger charge is -2.09. The number of hydrogen-bond acceptors (Lipinski definition) is 9. The van der Waals surface area contributed by atoms with Gasteiger partial charge < -0.3 is 25.3 Å². The summed E-state index contributed by atoms with van der Waals surface area (Å²) in [5, 5.41) is 17.3. The molecule has 1 unspecified atom stereocenters. The Morgan fingerprint density at radius 1 is 1.38 bits per heavy atom. The summed E-state index contributed by atoms with van der Waals surface area (Å²) in [7, 11) is 3.17. The number of aryl methyl sites for hydroxylation is 1. The van der Waals surface area contributed by atoms with Gasteiger partial charge in [-0.05, 0) is 37.7 Å². The van der Waals surface area contributed by atoms with Crippen LogP contribution in [-0.2, 0) is 16.2 Å². The number of benzene rings is 1. The van der Waals surface area contributed by atoms with Crippen LogP contribution in [-0.4, -0.2) is 66.4 Å². The number of aliphatic hydroxyl groups excluding tert-OH is 1. The van der Waals surface area contributed by atoms with Crippen LogP contribution < -0.4 is 15.4 Å². The fraction of sp³-hybridized carbons (Fsp3) is 0.381. The van der Waals surface area contributed by atoms with Gasteiger partial charge in [0, 0.05) is 19.5 Å². The van der Waals surface area contributed by atoms with E-state index in [-0.39, 0.29) is 31.0 Å². The van der Waals surface area contributed by atoms with Gasteiger partial charge in [-0.1, -0.05) is 11.2 Å². The predicted molar refractivity (Wildman–Crippen MR) is 114 cm³/mol. The molecule has 2 aromatic rings. The normalized spacial score (nSPS) is 14.5. The van der Waals surface area contributed by atoms with Crippen molar-refractivity contribution in [3.05, 3.63) is 52.9 Å². The van der Waals surface area contributed by atoms with Gasteiger partial charge in [0.1, 0.15) is 17.2 Å². The third kappa shape index (κ3) is 7.06. The molecule has 0 saturated heterocycles. The summed E-state index contributed by atoms with van der Waals surface area (Å²) in [6, 6.07) is 5.83. The molecule has 1 amide bonds. The highest BCUT2D eigenvalue weighted by Gasteiger charge is 2.24. The SMILES string of the molecule is CNCCO.COc1cc(CNC(=O)c2cc(C3=NOC(C=O)C3)nc(C)n2)ccc1F. The highest BCUT2D eigenvalue weighted by molar-refractivity contribution is 6.03. The van der Waals surface area contributed by atoms with E-state index in [4.69, 9.17) is 14.7 Å². The van der Waals surface area contributed by atoms with E-state index < -0.39 is 17.8 Å². The van der Waals surface area contributed by atoms with Crippen LogP contribution in [0.2, 0.25) is 0 Å². The van der Waals surface area contributed by atoms with E-state index in [1.165, 1.54) is 25.3 Å². The number of hydrogen-bond donors (Lipinski definition) is 3. The smallest absolute Gasteiger partial charge is 0.270 e. The molecule has 0 spiro atoms. The maximum absolute atomic E-state index is 13.5. The zero-order valence-corrected chi connectivity index (χ0v) is 18.1. The molecule has 1 aliphatic heterocycles. The van der Waals surface area contributed by atoms with E-state index in [1.54, 1.807) is 20.0 Å². The summed E-state index contributed by atoms with van der Waals surface area (Å²) in [4.78, 5) is 36.6. The number of nitrogens with zero attached hydrogens (tertiary/aromatic N) is 3. The van der Waals surface area contributed by atoms with E-state index in [9.17, 15) is 14.0 Å². The number of amides is 1. The van der Waals surface area contributed by atoms with Crippen LogP contribution in [0.4, 0.5) is 4.39 Å². The van der Waals surface area contributed by atoms with Gasteiger partial charge in [-0.2, -0.15) is 0 Å². The number of likely N-dealkylation sites (N-methyl/N-ethyl adjacent to an activating group) is 1. The first-order valence-corrected chi connectivity index (χ1v) is 9.81.